The predicted octanol–water partition coefficient (Wildman–Crippen LogP) is 2.61. The first-order valence-corrected chi connectivity index (χ1v) is 8.01. The summed E-state index contributed by atoms with van der Waals surface area (Å²) in [4.78, 5) is 37.8. The van der Waals surface area contributed by atoms with Crippen LogP contribution in [0.2, 0.25) is 0 Å². The number of carbonyl (C=O) groups is 3. The summed E-state index contributed by atoms with van der Waals surface area (Å²) in [5.74, 6) is -3.02. The minimum atomic E-state index is -0.911. The maximum atomic E-state index is 13.6. The third-order valence-corrected chi connectivity index (χ3v) is 4.81. The molecular formula is C17H18F2N2O3. The standard InChI is InChI=1S/C17H18F2N2O3/c18-11-4-5-13(12(19)8-11)20-14(22)10-21-15(23)9-17(16(21)24)6-2-1-3-7-17/h4-5,8H,1-3,6-7,9-10H2,(H,20,22). The third kappa shape index (κ3) is 3.02. The molecule has 3 amide bonds. The molecule has 3 rings (SSSR count). The number of nitrogens with zero attached hydrogens (tertiary/aromatic N) is 1. The molecule has 128 valence electrons. The van der Waals surface area contributed by atoms with Crippen LogP contribution in [0.3, 0.4) is 0 Å². The van der Waals surface area contributed by atoms with E-state index in [1.807, 2.05) is 0 Å². The quantitative estimate of drug-likeness (QED) is 0.863. The highest BCUT2D eigenvalue weighted by molar-refractivity contribution is 6.09. The van der Waals surface area contributed by atoms with Gasteiger partial charge in [0.15, 0.2) is 0 Å². The average Bonchev–Trinajstić information content (AvgIpc) is 2.75. The number of nitrogens with one attached hydrogen (secondary N) is 1. The summed E-state index contributed by atoms with van der Waals surface area (Å²) >= 11 is 0. The first-order chi connectivity index (χ1) is 11.4. The second-order valence-corrected chi connectivity index (χ2v) is 6.48. The van der Waals surface area contributed by atoms with E-state index in [0.29, 0.717) is 18.9 Å². The van der Waals surface area contributed by atoms with Gasteiger partial charge in [0.05, 0.1) is 11.1 Å². The Kier molecular flexibility index (Phi) is 4.34. The molecule has 1 aliphatic heterocycles. The fraction of sp³-hybridized carbons (Fsp3) is 0.471. The zero-order valence-electron chi connectivity index (χ0n) is 13.1. The van der Waals surface area contributed by atoms with Crippen LogP contribution in [-0.4, -0.2) is 29.2 Å². The second-order valence-electron chi connectivity index (χ2n) is 6.48. The average molecular weight is 336 g/mol. The van der Waals surface area contributed by atoms with Crippen LogP contribution in [0, 0.1) is 17.0 Å². The van der Waals surface area contributed by atoms with E-state index in [-0.39, 0.29) is 23.9 Å². The van der Waals surface area contributed by atoms with Gasteiger partial charge >= 0.3 is 0 Å². The van der Waals surface area contributed by atoms with Crippen LogP contribution in [0.4, 0.5) is 14.5 Å². The van der Waals surface area contributed by atoms with Gasteiger partial charge in [0, 0.05) is 12.5 Å². The lowest BCUT2D eigenvalue weighted by Crippen LogP contribution is -2.41. The summed E-state index contributed by atoms with van der Waals surface area (Å²) in [6.45, 7) is -0.448. The van der Waals surface area contributed by atoms with E-state index in [9.17, 15) is 23.2 Å². The Bertz CT molecular complexity index is 699. The van der Waals surface area contributed by atoms with Crippen LogP contribution in [0.5, 0.6) is 0 Å². The van der Waals surface area contributed by atoms with Gasteiger partial charge in [0.25, 0.3) is 0 Å². The Morgan fingerprint density at radius 1 is 1.17 bits per heavy atom. The van der Waals surface area contributed by atoms with Gasteiger partial charge < -0.3 is 5.32 Å². The molecular weight excluding hydrogens is 318 g/mol. The Morgan fingerprint density at radius 3 is 2.54 bits per heavy atom. The predicted molar refractivity (Wildman–Crippen MR) is 81.8 cm³/mol. The van der Waals surface area contributed by atoms with Gasteiger partial charge in [-0.15, -0.1) is 0 Å². The molecule has 0 unspecified atom stereocenters. The fourth-order valence-electron chi connectivity index (χ4n) is 3.56. The molecule has 0 aromatic heterocycles. The number of anilines is 1. The summed E-state index contributed by atoms with van der Waals surface area (Å²) in [6.07, 6.45) is 4.34. The van der Waals surface area contributed by atoms with Gasteiger partial charge in [-0.2, -0.15) is 0 Å². The molecule has 0 atom stereocenters. The molecule has 2 fully saturated rings. The zero-order chi connectivity index (χ0) is 17.3. The summed E-state index contributed by atoms with van der Waals surface area (Å²) < 4.78 is 26.4. The Hall–Kier alpha value is -2.31. The summed E-state index contributed by atoms with van der Waals surface area (Å²) in [5.41, 5.74) is -0.843. The van der Waals surface area contributed by atoms with Crippen LogP contribution >= 0.6 is 0 Å². The smallest absolute Gasteiger partial charge is 0.244 e. The maximum Gasteiger partial charge on any atom is 0.244 e. The van der Waals surface area contributed by atoms with Crippen molar-refractivity contribution in [3.05, 3.63) is 29.8 Å². The number of likely N-dealkylation sites (tertiary alicyclic amines) is 1. The summed E-state index contributed by atoms with van der Waals surface area (Å²) in [6, 6.07) is 2.76. The molecule has 1 heterocycles. The minimum absolute atomic E-state index is 0.143. The maximum absolute atomic E-state index is 13.6. The van der Waals surface area contributed by atoms with E-state index in [1.165, 1.54) is 0 Å². The topological polar surface area (TPSA) is 66.5 Å². The van der Waals surface area contributed by atoms with E-state index in [2.05, 4.69) is 5.32 Å². The molecule has 0 radical (unpaired) electrons. The van der Waals surface area contributed by atoms with Crippen LogP contribution in [0.15, 0.2) is 18.2 Å². The van der Waals surface area contributed by atoms with Gasteiger partial charge in [-0.05, 0) is 25.0 Å². The molecule has 1 N–H and O–H groups in total. The number of hydrogen-bond acceptors (Lipinski definition) is 3. The molecule has 1 aromatic carbocycles. The number of benzene rings is 1. The summed E-state index contributed by atoms with van der Waals surface area (Å²) in [7, 11) is 0. The van der Waals surface area contributed by atoms with E-state index >= 15 is 0 Å². The number of carbonyl (C=O) groups excluding carboxylic acids is 3. The van der Waals surface area contributed by atoms with Crippen molar-refractivity contribution in [1.82, 2.24) is 4.90 Å². The van der Waals surface area contributed by atoms with E-state index < -0.39 is 29.5 Å². The molecule has 1 saturated carbocycles. The van der Waals surface area contributed by atoms with Gasteiger partial charge in [0.2, 0.25) is 17.7 Å². The van der Waals surface area contributed by atoms with Crippen molar-refractivity contribution in [2.24, 2.45) is 5.41 Å². The van der Waals surface area contributed by atoms with Gasteiger partial charge in [-0.3, -0.25) is 19.3 Å². The van der Waals surface area contributed by atoms with Crippen molar-refractivity contribution < 1.29 is 23.2 Å². The van der Waals surface area contributed by atoms with Crippen molar-refractivity contribution in [3.8, 4) is 0 Å². The monoisotopic (exact) mass is 336 g/mol. The summed E-state index contributed by atoms with van der Waals surface area (Å²) in [5, 5.41) is 2.27. The molecule has 0 bridgehead atoms. The van der Waals surface area contributed by atoms with E-state index in [4.69, 9.17) is 0 Å². The lowest BCUT2D eigenvalue weighted by molar-refractivity contribution is -0.144. The highest BCUT2D eigenvalue weighted by Gasteiger charge is 2.51. The highest BCUT2D eigenvalue weighted by atomic mass is 19.1. The molecule has 24 heavy (non-hydrogen) atoms. The SMILES string of the molecule is O=C(CN1C(=O)CC2(CCCCC2)C1=O)Nc1ccc(F)cc1F. The van der Waals surface area contributed by atoms with Crippen LogP contribution in [0.1, 0.15) is 38.5 Å². The van der Waals surface area contributed by atoms with E-state index in [1.54, 1.807) is 0 Å². The number of halogens is 2. The van der Waals surface area contributed by atoms with Crippen molar-refractivity contribution in [1.29, 1.82) is 0 Å². The zero-order valence-corrected chi connectivity index (χ0v) is 13.1. The molecule has 1 spiro atoms. The molecule has 5 nitrogen and oxygen atoms in total. The first kappa shape index (κ1) is 16.5. The number of imide groups is 1. The lowest BCUT2D eigenvalue weighted by atomic mass is 9.73. The lowest BCUT2D eigenvalue weighted by Gasteiger charge is -2.30. The largest absolute Gasteiger partial charge is 0.322 e. The van der Waals surface area contributed by atoms with E-state index in [0.717, 1.165) is 36.3 Å². The number of rotatable bonds is 3. The third-order valence-electron chi connectivity index (χ3n) is 4.81. The Balaban J connectivity index is 1.68. The Labute approximate surface area is 138 Å². The minimum Gasteiger partial charge on any atom is -0.322 e. The van der Waals surface area contributed by atoms with Crippen LogP contribution in [-0.2, 0) is 14.4 Å². The number of amides is 3. The van der Waals surface area contributed by atoms with Crippen molar-refractivity contribution in [2.75, 3.05) is 11.9 Å². The van der Waals surface area contributed by atoms with Crippen molar-refractivity contribution in [3.63, 3.8) is 0 Å². The fourth-order valence-corrected chi connectivity index (χ4v) is 3.56. The van der Waals surface area contributed by atoms with Gasteiger partial charge in [-0.25, -0.2) is 8.78 Å². The first-order valence-electron chi connectivity index (χ1n) is 8.01. The van der Waals surface area contributed by atoms with Crippen molar-refractivity contribution in [2.45, 2.75) is 38.5 Å². The van der Waals surface area contributed by atoms with Crippen LogP contribution < -0.4 is 5.32 Å². The number of hydrogen-bond donors (Lipinski definition) is 1. The second kappa shape index (κ2) is 6.30. The molecule has 1 aliphatic carbocycles. The molecule has 1 saturated heterocycles. The van der Waals surface area contributed by atoms with Crippen LogP contribution in [0.25, 0.3) is 0 Å². The Morgan fingerprint density at radius 2 is 1.88 bits per heavy atom. The van der Waals surface area contributed by atoms with Gasteiger partial charge in [0.1, 0.15) is 18.2 Å². The molecule has 7 heteroatoms. The normalized spacial score (nSPS) is 19.8. The van der Waals surface area contributed by atoms with Gasteiger partial charge in [-0.1, -0.05) is 19.3 Å². The molecule has 1 aromatic rings. The highest BCUT2D eigenvalue weighted by Crippen LogP contribution is 2.45. The molecule has 2 aliphatic rings. The van der Waals surface area contributed by atoms with Crippen molar-refractivity contribution >= 4 is 23.4 Å².